The Morgan fingerprint density at radius 1 is 1.47 bits per heavy atom. The van der Waals surface area contributed by atoms with E-state index in [0.29, 0.717) is 5.75 Å². The molecule has 0 fully saturated rings. The van der Waals surface area contributed by atoms with E-state index in [-0.39, 0.29) is 16.5 Å². The van der Waals surface area contributed by atoms with Gasteiger partial charge in [-0.15, -0.1) is 0 Å². The van der Waals surface area contributed by atoms with E-state index >= 15 is 0 Å². The van der Waals surface area contributed by atoms with Gasteiger partial charge in [-0.05, 0) is 30.7 Å². The molecule has 0 radical (unpaired) electrons. The Labute approximate surface area is 114 Å². The lowest BCUT2D eigenvalue weighted by atomic mass is 10.3. The van der Waals surface area contributed by atoms with Gasteiger partial charge in [0.15, 0.2) is 0 Å². The van der Waals surface area contributed by atoms with Gasteiger partial charge in [0.1, 0.15) is 12.4 Å². The van der Waals surface area contributed by atoms with Crippen molar-refractivity contribution in [3.05, 3.63) is 34.3 Å². The van der Waals surface area contributed by atoms with E-state index in [2.05, 4.69) is 0 Å². The van der Waals surface area contributed by atoms with E-state index in [1.807, 2.05) is 0 Å². The van der Waals surface area contributed by atoms with Gasteiger partial charge in [0.25, 0.3) is 9.05 Å². The molecule has 0 unspecified atom stereocenters. The van der Waals surface area contributed by atoms with Crippen LogP contribution in [0.15, 0.2) is 34.2 Å². The molecule has 0 aliphatic heterocycles. The zero-order valence-electron chi connectivity index (χ0n) is 8.78. The molecule has 0 N–H and O–H groups in total. The Morgan fingerprint density at radius 2 is 2.12 bits per heavy atom. The van der Waals surface area contributed by atoms with Gasteiger partial charge in [-0.25, -0.2) is 8.42 Å². The molecule has 1 aromatic carbocycles. The molecule has 3 nitrogen and oxygen atoms in total. The summed E-state index contributed by atoms with van der Waals surface area (Å²) in [6.45, 7) is 2.06. The smallest absolute Gasteiger partial charge is 0.261 e. The second-order valence-corrected chi connectivity index (χ2v) is 6.47. The summed E-state index contributed by atoms with van der Waals surface area (Å²) in [5, 5.41) is 0.175. The minimum absolute atomic E-state index is 0.0684. The van der Waals surface area contributed by atoms with Crippen molar-refractivity contribution in [2.24, 2.45) is 0 Å². The first-order valence-corrected chi connectivity index (χ1v) is 7.60. The van der Waals surface area contributed by atoms with E-state index in [0.717, 1.165) is 5.57 Å². The lowest BCUT2D eigenvalue weighted by Gasteiger charge is -2.08. The fraction of sp³-hybridized carbons (Fsp3) is 0.200. The largest absolute Gasteiger partial charge is 0.488 e. The number of halogens is 3. The molecule has 0 aromatic heterocycles. The fourth-order valence-corrected chi connectivity index (χ4v) is 2.11. The lowest BCUT2D eigenvalue weighted by molar-refractivity contribution is 0.352. The predicted molar refractivity (Wildman–Crippen MR) is 69.6 cm³/mol. The molecule has 0 amide bonds. The Hall–Kier alpha value is -0.420. The monoisotopic (exact) mass is 314 g/mol. The fourth-order valence-electron chi connectivity index (χ4n) is 0.973. The molecule has 0 bridgehead atoms. The molecule has 94 valence electrons. The van der Waals surface area contributed by atoms with Crippen LogP contribution in [0.4, 0.5) is 0 Å². The van der Waals surface area contributed by atoms with Crippen LogP contribution < -0.4 is 4.74 Å². The molecular formula is C10H9Cl3O3S. The minimum Gasteiger partial charge on any atom is -0.488 e. The van der Waals surface area contributed by atoms with E-state index < -0.39 is 9.05 Å². The van der Waals surface area contributed by atoms with Crippen molar-refractivity contribution >= 4 is 42.9 Å². The zero-order chi connectivity index (χ0) is 13.1. The summed E-state index contributed by atoms with van der Waals surface area (Å²) in [4.78, 5) is -0.0684. The second-order valence-electron chi connectivity index (χ2n) is 3.27. The summed E-state index contributed by atoms with van der Waals surface area (Å²) in [6.07, 6.45) is 0. The zero-order valence-corrected chi connectivity index (χ0v) is 11.9. The van der Waals surface area contributed by atoms with Crippen molar-refractivity contribution in [3.8, 4) is 5.75 Å². The maximum absolute atomic E-state index is 11.0. The van der Waals surface area contributed by atoms with Gasteiger partial charge < -0.3 is 4.74 Å². The summed E-state index contributed by atoms with van der Waals surface area (Å²) in [5.41, 5.74) is 2.21. The van der Waals surface area contributed by atoms with Gasteiger partial charge in [-0.3, -0.25) is 0 Å². The molecule has 1 aromatic rings. The van der Waals surface area contributed by atoms with Gasteiger partial charge in [0, 0.05) is 16.2 Å². The molecule has 0 spiro atoms. The Kier molecular flexibility index (Phi) is 5.13. The van der Waals surface area contributed by atoms with E-state index in [9.17, 15) is 8.42 Å². The molecule has 7 heteroatoms. The molecular weight excluding hydrogens is 307 g/mol. The average Bonchev–Trinajstić information content (AvgIpc) is 2.25. The van der Waals surface area contributed by atoms with Crippen LogP contribution in [0.1, 0.15) is 6.92 Å². The first kappa shape index (κ1) is 14.6. The first-order valence-electron chi connectivity index (χ1n) is 4.47. The van der Waals surface area contributed by atoms with Gasteiger partial charge in [-0.1, -0.05) is 23.2 Å². The van der Waals surface area contributed by atoms with Gasteiger partial charge in [0.05, 0.1) is 9.92 Å². The standard InChI is InChI=1S/C10H9Cl3O3S/c1-7(5-11)6-16-10-3-2-8(4-9(10)12)17(13,14)15/h2-5H,6H2,1H3/b7-5-. The maximum Gasteiger partial charge on any atom is 0.261 e. The highest BCUT2D eigenvalue weighted by Crippen LogP contribution is 2.28. The summed E-state index contributed by atoms with van der Waals surface area (Å²) in [6, 6.07) is 4.00. The van der Waals surface area contributed by atoms with Crippen LogP contribution in [-0.4, -0.2) is 15.0 Å². The molecule has 17 heavy (non-hydrogen) atoms. The van der Waals surface area contributed by atoms with Crippen molar-refractivity contribution in [2.45, 2.75) is 11.8 Å². The molecule has 0 aliphatic rings. The number of benzene rings is 1. The van der Waals surface area contributed by atoms with Crippen LogP contribution in [0.3, 0.4) is 0 Å². The third-order valence-corrected chi connectivity index (χ3v) is 3.85. The molecule has 1 rings (SSSR count). The highest BCUT2D eigenvalue weighted by Gasteiger charge is 2.12. The highest BCUT2D eigenvalue weighted by atomic mass is 35.7. The van der Waals surface area contributed by atoms with Crippen molar-refractivity contribution in [1.29, 1.82) is 0 Å². The average molecular weight is 316 g/mol. The Morgan fingerprint density at radius 3 is 2.59 bits per heavy atom. The van der Waals surface area contributed by atoms with Crippen LogP contribution in [-0.2, 0) is 9.05 Å². The molecule has 0 heterocycles. The molecule has 0 saturated carbocycles. The van der Waals surface area contributed by atoms with Crippen LogP contribution in [0.2, 0.25) is 5.02 Å². The van der Waals surface area contributed by atoms with Gasteiger partial charge >= 0.3 is 0 Å². The number of rotatable bonds is 4. The third kappa shape index (κ3) is 4.39. The van der Waals surface area contributed by atoms with Gasteiger partial charge in [0.2, 0.25) is 0 Å². The third-order valence-electron chi connectivity index (χ3n) is 1.83. The minimum atomic E-state index is -3.78. The van der Waals surface area contributed by atoms with E-state index in [4.69, 9.17) is 38.6 Å². The summed E-state index contributed by atoms with van der Waals surface area (Å²) in [7, 11) is 1.40. The van der Waals surface area contributed by atoms with Crippen molar-refractivity contribution in [1.82, 2.24) is 0 Å². The molecule has 0 saturated heterocycles. The van der Waals surface area contributed by atoms with Gasteiger partial charge in [-0.2, -0.15) is 0 Å². The first-order chi connectivity index (χ1) is 7.84. The summed E-state index contributed by atoms with van der Waals surface area (Å²) >= 11 is 11.3. The van der Waals surface area contributed by atoms with Crippen molar-refractivity contribution < 1.29 is 13.2 Å². The van der Waals surface area contributed by atoms with Crippen molar-refractivity contribution in [3.63, 3.8) is 0 Å². The maximum atomic E-state index is 11.0. The van der Waals surface area contributed by atoms with Crippen molar-refractivity contribution in [2.75, 3.05) is 6.61 Å². The number of hydrogen-bond acceptors (Lipinski definition) is 3. The van der Waals surface area contributed by atoms with Crippen LogP contribution in [0.25, 0.3) is 0 Å². The van der Waals surface area contributed by atoms with E-state index in [1.54, 1.807) is 6.92 Å². The van der Waals surface area contributed by atoms with Crippen LogP contribution in [0, 0.1) is 0 Å². The number of ether oxygens (including phenoxy) is 1. The summed E-state index contributed by atoms with van der Waals surface area (Å²) in [5.74, 6) is 0.369. The predicted octanol–water partition coefficient (Wildman–Crippen LogP) is 3.79. The second kappa shape index (κ2) is 5.96. The quantitative estimate of drug-likeness (QED) is 0.794. The highest BCUT2D eigenvalue weighted by molar-refractivity contribution is 8.13. The van der Waals surface area contributed by atoms with Crippen LogP contribution >= 0.6 is 33.9 Å². The van der Waals surface area contributed by atoms with Crippen LogP contribution in [0.5, 0.6) is 5.75 Å². The normalized spacial score (nSPS) is 12.6. The Bertz CT molecular complexity index is 538. The molecule has 0 aliphatic carbocycles. The lowest BCUT2D eigenvalue weighted by Crippen LogP contribution is -1.99. The van der Waals surface area contributed by atoms with E-state index in [1.165, 1.54) is 23.7 Å². The topological polar surface area (TPSA) is 43.4 Å². The summed E-state index contributed by atoms with van der Waals surface area (Å²) < 4.78 is 27.4. The number of hydrogen-bond donors (Lipinski definition) is 0. The Balaban J connectivity index is 2.91. The molecule has 0 atom stereocenters. The SMILES string of the molecule is C/C(=C/Cl)COc1ccc(S(=O)(=O)Cl)cc1Cl.